The molecule has 0 saturated heterocycles. The van der Waals surface area contributed by atoms with Crippen molar-refractivity contribution < 1.29 is 17.6 Å². The lowest BCUT2D eigenvalue weighted by Crippen LogP contribution is -2.34. The van der Waals surface area contributed by atoms with Gasteiger partial charge in [-0.1, -0.05) is 22.9 Å². The summed E-state index contributed by atoms with van der Waals surface area (Å²) in [6.07, 6.45) is 0.151. The van der Waals surface area contributed by atoms with E-state index in [1.807, 2.05) is 43.7 Å². The molecule has 0 aliphatic carbocycles. The molecular weight excluding hydrogens is 523 g/mol. The van der Waals surface area contributed by atoms with Crippen molar-refractivity contribution in [3.8, 4) is 0 Å². The summed E-state index contributed by atoms with van der Waals surface area (Å²) >= 11 is 7.66. The van der Waals surface area contributed by atoms with Gasteiger partial charge < -0.3 is 0 Å². The molecule has 0 N–H and O–H groups in total. The van der Waals surface area contributed by atoms with E-state index < -0.39 is 15.7 Å². The first-order valence-corrected chi connectivity index (χ1v) is 14.3. The number of hydrogen-bond donors (Lipinski definition) is 0. The number of thiazole rings is 1. The Labute approximate surface area is 218 Å². The normalized spacial score (nSPS) is 11.8. The molecule has 4 aromatic rings. The first-order valence-electron chi connectivity index (χ1n) is 11.4. The van der Waals surface area contributed by atoms with E-state index in [9.17, 15) is 17.6 Å². The molecule has 0 atom stereocenters. The topological polar surface area (TPSA) is 85.2 Å². The highest BCUT2D eigenvalue weighted by molar-refractivity contribution is 7.91. The molecule has 0 saturated carbocycles. The smallest absolute Gasteiger partial charge is 0.228 e. The second-order valence-corrected chi connectivity index (χ2v) is 12.1. The molecule has 36 heavy (non-hydrogen) atoms. The molecule has 2 heterocycles. The number of halogens is 2. The molecule has 0 aliphatic heterocycles. The van der Waals surface area contributed by atoms with Crippen LogP contribution in [-0.4, -0.2) is 41.4 Å². The fourth-order valence-corrected chi connectivity index (χ4v) is 6.47. The Morgan fingerprint density at radius 1 is 1.14 bits per heavy atom. The van der Waals surface area contributed by atoms with Gasteiger partial charge in [0.15, 0.2) is 15.0 Å². The van der Waals surface area contributed by atoms with E-state index in [0.29, 0.717) is 23.2 Å². The first-order chi connectivity index (χ1) is 17.0. The van der Waals surface area contributed by atoms with Gasteiger partial charge in [-0.2, -0.15) is 5.10 Å². The van der Waals surface area contributed by atoms with Crippen molar-refractivity contribution in [2.75, 3.05) is 17.2 Å². The molecule has 0 radical (unpaired) electrons. The maximum atomic E-state index is 13.3. The largest absolute Gasteiger partial charge is 0.286 e. The highest BCUT2D eigenvalue weighted by Gasteiger charge is 2.22. The number of anilines is 1. The Bertz CT molecular complexity index is 1510. The van der Waals surface area contributed by atoms with Gasteiger partial charge in [0, 0.05) is 23.7 Å². The van der Waals surface area contributed by atoms with E-state index in [1.165, 1.54) is 23.5 Å². The number of aromatic nitrogens is 3. The number of carbonyl (C=O) groups excluding carboxylic acids is 1. The van der Waals surface area contributed by atoms with Crippen LogP contribution in [0, 0.1) is 26.6 Å². The van der Waals surface area contributed by atoms with Gasteiger partial charge in [-0.25, -0.2) is 17.8 Å². The fourth-order valence-electron chi connectivity index (χ4n) is 3.94. The van der Waals surface area contributed by atoms with Crippen LogP contribution < -0.4 is 4.90 Å². The maximum Gasteiger partial charge on any atom is 0.228 e. The summed E-state index contributed by atoms with van der Waals surface area (Å²) in [5.74, 6) is -0.951. The van der Waals surface area contributed by atoms with Crippen LogP contribution in [0.15, 0.2) is 47.4 Å². The Kier molecular flexibility index (Phi) is 7.77. The van der Waals surface area contributed by atoms with Crippen LogP contribution in [0.5, 0.6) is 0 Å². The lowest BCUT2D eigenvalue weighted by molar-refractivity contribution is -0.118. The molecule has 2 aromatic heterocycles. The van der Waals surface area contributed by atoms with Crippen LogP contribution in [0.3, 0.4) is 0 Å². The van der Waals surface area contributed by atoms with Gasteiger partial charge in [-0.15, -0.1) is 0 Å². The number of rotatable bonds is 9. The molecule has 7 nitrogen and oxygen atoms in total. The summed E-state index contributed by atoms with van der Waals surface area (Å²) in [6.45, 7) is 6.55. The molecule has 0 aliphatic rings. The number of hydrogen-bond acceptors (Lipinski definition) is 6. The van der Waals surface area contributed by atoms with Crippen molar-refractivity contribution in [3.05, 3.63) is 70.3 Å². The Balaban J connectivity index is 1.53. The molecular formula is C25H26ClFN4O3S2. The van der Waals surface area contributed by atoms with E-state index in [0.717, 1.165) is 39.3 Å². The Morgan fingerprint density at radius 3 is 2.53 bits per heavy atom. The van der Waals surface area contributed by atoms with Crippen LogP contribution in [0.2, 0.25) is 5.02 Å². The first kappa shape index (κ1) is 26.2. The zero-order chi connectivity index (χ0) is 26.0. The van der Waals surface area contributed by atoms with E-state index in [4.69, 9.17) is 16.6 Å². The zero-order valence-electron chi connectivity index (χ0n) is 20.2. The molecule has 0 bridgehead atoms. The van der Waals surface area contributed by atoms with E-state index in [1.54, 1.807) is 4.90 Å². The van der Waals surface area contributed by atoms with Crippen molar-refractivity contribution in [1.82, 2.24) is 14.8 Å². The highest BCUT2D eigenvalue weighted by atomic mass is 35.5. The third-order valence-corrected chi connectivity index (χ3v) is 9.15. The predicted molar refractivity (Wildman–Crippen MR) is 141 cm³/mol. The van der Waals surface area contributed by atoms with Crippen molar-refractivity contribution >= 4 is 54.0 Å². The molecule has 190 valence electrons. The SMILES string of the molecule is Cc1cc(C)n(CCN(C(=O)CCCS(=O)(=O)c2ccc(F)cc2)c2nc3c(C)c(Cl)ccc3s2)n1. The Morgan fingerprint density at radius 2 is 1.86 bits per heavy atom. The highest BCUT2D eigenvalue weighted by Crippen LogP contribution is 2.34. The average molecular weight is 549 g/mol. The minimum atomic E-state index is -3.63. The van der Waals surface area contributed by atoms with Crippen LogP contribution >= 0.6 is 22.9 Å². The molecule has 0 fully saturated rings. The van der Waals surface area contributed by atoms with Gasteiger partial charge in [-0.3, -0.25) is 14.4 Å². The number of nitrogens with zero attached hydrogens (tertiary/aromatic N) is 4. The van der Waals surface area contributed by atoms with Crippen LogP contribution in [-0.2, 0) is 21.2 Å². The maximum absolute atomic E-state index is 13.3. The third-order valence-electron chi connectivity index (χ3n) is 5.88. The number of fused-ring (bicyclic) bond motifs is 1. The van der Waals surface area contributed by atoms with E-state index >= 15 is 0 Å². The van der Waals surface area contributed by atoms with Crippen molar-refractivity contribution in [2.24, 2.45) is 0 Å². The summed E-state index contributed by atoms with van der Waals surface area (Å²) < 4.78 is 41.2. The number of carbonyl (C=O) groups is 1. The second-order valence-electron chi connectivity index (χ2n) is 8.59. The molecule has 4 rings (SSSR count). The van der Waals surface area contributed by atoms with Gasteiger partial charge in [0.05, 0.1) is 33.1 Å². The number of sulfone groups is 1. The third kappa shape index (κ3) is 5.77. The predicted octanol–water partition coefficient (Wildman–Crippen LogP) is 5.50. The number of benzene rings is 2. The molecule has 0 spiro atoms. The lowest BCUT2D eigenvalue weighted by Gasteiger charge is -2.20. The number of aryl methyl sites for hydroxylation is 3. The zero-order valence-corrected chi connectivity index (χ0v) is 22.6. The van der Waals surface area contributed by atoms with Gasteiger partial charge in [0.25, 0.3) is 0 Å². The summed E-state index contributed by atoms with van der Waals surface area (Å²) in [6, 6.07) is 10.4. The van der Waals surface area contributed by atoms with Gasteiger partial charge >= 0.3 is 0 Å². The molecule has 0 unspecified atom stereocenters. The van der Waals surface area contributed by atoms with Gasteiger partial charge in [-0.05, 0) is 75.2 Å². The van der Waals surface area contributed by atoms with Crippen molar-refractivity contribution in [2.45, 2.75) is 45.1 Å². The standard InChI is InChI=1S/C25H26ClFN4O3S2/c1-16-15-17(2)31(29-16)13-12-30(25-28-24-18(3)21(26)10-11-22(24)35-25)23(32)5-4-14-36(33,34)20-8-6-19(27)7-9-20/h6-11,15H,4-5,12-14H2,1-3H3. The fraction of sp³-hybridized carbons (Fsp3) is 0.320. The average Bonchev–Trinajstić information content (AvgIpc) is 3.39. The van der Waals surface area contributed by atoms with Crippen molar-refractivity contribution in [3.63, 3.8) is 0 Å². The summed E-state index contributed by atoms with van der Waals surface area (Å²) in [4.78, 5) is 19.7. The van der Waals surface area contributed by atoms with Crippen LogP contribution in [0.1, 0.15) is 29.8 Å². The quantitative estimate of drug-likeness (QED) is 0.258. The summed E-state index contributed by atoms with van der Waals surface area (Å²) in [5, 5.41) is 5.61. The minimum Gasteiger partial charge on any atom is -0.286 e. The minimum absolute atomic E-state index is 0.0210. The van der Waals surface area contributed by atoms with Gasteiger partial charge in [0.1, 0.15) is 5.82 Å². The summed E-state index contributed by atoms with van der Waals surface area (Å²) in [5.41, 5.74) is 3.46. The summed E-state index contributed by atoms with van der Waals surface area (Å²) in [7, 11) is -3.63. The molecule has 2 aromatic carbocycles. The van der Waals surface area contributed by atoms with Crippen molar-refractivity contribution in [1.29, 1.82) is 0 Å². The van der Waals surface area contributed by atoms with Crippen LogP contribution in [0.4, 0.5) is 9.52 Å². The lowest BCUT2D eigenvalue weighted by atomic mass is 10.2. The Hall–Kier alpha value is -2.82. The van der Waals surface area contributed by atoms with Gasteiger partial charge in [0.2, 0.25) is 5.91 Å². The molecule has 1 amide bonds. The van der Waals surface area contributed by atoms with E-state index in [2.05, 4.69) is 5.10 Å². The molecule has 11 heteroatoms. The monoisotopic (exact) mass is 548 g/mol. The van der Waals surface area contributed by atoms with Crippen LogP contribution in [0.25, 0.3) is 10.2 Å². The second kappa shape index (κ2) is 10.7. The van der Waals surface area contributed by atoms with E-state index in [-0.39, 0.29) is 29.4 Å². The number of amides is 1.